The predicted molar refractivity (Wildman–Crippen MR) is 67.2 cm³/mol. The summed E-state index contributed by atoms with van der Waals surface area (Å²) in [6, 6.07) is 7.62. The molecule has 4 heteroatoms. The molecule has 0 aliphatic rings. The molecule has 0 heterocycles. The third kappa shape index (κ3) is 2.44. The van der Waals surface area contributed by atoms with E-state index in [9.17, 15) is 4.79 Å². The second kappa shape index (κ2) is 5.46. The molecule has 0 saturated heterocycles. The number of carbonyl (C=O) groups is 1. The predicted octanol–water partition coefficient (Wildman–Crippen LogP) is 2.45. The first-order valence-corrected chi connectivity index (χ1v) is 5.96. The first-order valence-electron chi connectivity index (χ1n) is 5.17. The van der Waals surface area contributed by atoms with Crippen molar-refractivity contribution >= 4 is 21.9 Å². The normalized spacial score (nSPS) is 14.2. The minimum absolute atomic E-state index is 0.274. The number of ether oxygens (including phenoxy) is 1. The van der Waals surface area contributed by atoms with E-state index in [1.54, 1.807) is 14.0 Å². The van der Waals surface area contributed by atoms with Gasteiger partial charge in [0, 0.05) is 4.47 Å². The highest BCUT2D eigenvalue weighted by Crippen LogP contribution is 2.29. The van der Waals surface area contributed by atoms with Crippen molar-refractivity contribution in [1.82, 2.24) is 5.32 Å². The third-order valence-corrected chi connectivity index (χ3v) is 3.29. The first-order chi connectivity index (χ1) is 7.56. The van der Waals surface area contributed by atoms with Gasteiger partial charge in [-0.3, -0.25) is 0 Å². The molecular formula is C12H16BrNO2. The number of benzene rings is 1. The molecule has 88 valence electrons. The first kappa shape index (κ1) is 13.2. The third-order valence-electron chi connectivity index (χ3n) is 2.60. The number of nitrogens with one attached hydrogen (secondary N) is 1. The highest BCUT2D eigenvalue weighted by molar-refractivity contribution is 9.10. The van der Waals surface area contributed by atoms with Crippen LogP contribution in [0.5, 0.6) is 0 Å². The standard InChI is InChI=1S/C12H16BrNO2/c1-4-16-11(15)12(2,14-3)9-7-5-6-8-10(9)13/h5-8,14H,4H2,1-3H3. The highest BCUT2D eigenvalue weighted by atomic mass is 79.9. The van der Waals surface area contributed by atoms with Gasteiger partial charge < -0.3 is 10.1 Å². The van der Waals surface area contributed by atoms with E-state index in [1.807, 2.05) is 31.2 Å². The zero-order valence-electron chi connectivity index (χ0n) is 9.71. The second-order valence-corrected chi connectivity index (χ2v) is 4.43. The van der Waals surface area contributed by atoms with Gasteiger partial charge in [0.2, 0.25) is 0 Å². The lowest BCUT2D eigenvalue weighted by Gasteiger charge is -2.28. The zero-order chi connectivity index (χ0) is 12.2. The summed E-state index contributed by atoms with van der Waals surface area (Å²) in [7, 11) is 1.75. The molecule has 0 saturated carbocycles. The average molecular weight is 286 g/mol. The van der Waals surface area contributed by atoms with Gasteiger partial charge in [-0.05, 0) is 32.5 Å². The van der Waals surface area contributed by atoms with Gasteiger partial charge in [-0.2, -0.15) is 0 Å². The van der Waals surface area contributed by atoms with Crippen LogP contribution in [0.15, 0.2) is 28.7 Å². The minimum atomic E-state index is -0.823. The van der Waals surface area contributed by atoms with Crippen molar-refractivity contribution in [3.8, 4) is 0 Å². The number of likely N-dealkylation sites (N-methyl/N-ethyl adjacent to an activating group) is 1. The monoisotopic (exact) mass is 285 g/mol. The molecule has 1 aromatic rings. The molecular weight excluding hydrogens is 270 g/mol. The Morgan fingerprint density at radius 2 is 2.12 bits per heavy atom. The van der Waals surface area contributed by atoms with Crippen LogP contribution < -0.4 is 5.32 Å². The van der Waals surface area contributed by atoms with Gasteiger partial charge in [0.05, 0.1) is 6.61 Å². The Hall–Kier alpha value is -0.870. The van der Waals surface area contributed by atoms with Crippen LogP contribution in [0.4, 0.5) is 0 Å². The average Bonchev–Trinajstić information content (AvgIpc) is 2.29. The van der Waals surface area contributed by atoms with E-state index < -0.39 is 5.54 Å². The van der Waals surface area contributed by atoms with E-state index in [2.05, 4.69) is 21.2 Å². The van der Waals surface area contributed by atoms with Gasteiger partial charge >= 0.3 is 5.97 Å². The van der Waals surface area contributed by atoms with Crippen LogP contribution in [0.1, 0.15) is 19.4 Å². The molecule has 0 aliphatic carbocycles. The van der Waals surface area contributed by atoms with E-state index in [-0.39, 0.29) is 5.97 Å². The van der Waals surface area contributed by atoms with Crippen LogP contribution in [0, 0.1) is 0 Å². The molecule has 0 aliphatic heterocycles. The van der Waals surface area contributed by atoms with Crippen molar-refractivity contribution in [3.63, 3.8) is 0 Å². The van der Waals surface area contributed by atoms with Crippen LogP contribution in [-0.2, 0) is 15.1 Å². The Morgan fingerprint density at radius 1 is 1.50 bits per heavy atom. The Morgan fingerprint density at radius 3 is 2.62 bits per heavy atom. The van der Waals surface area contributed by atoms with E-state index in [4.69, 9.17) is 4.74 Å². The molecule has 0 amide bonds. The Bertz CT molecular complexity index is 381. The Balaban J connectivity index is 3.14. The molecule has 0 aromatic heterocycles. The number of rotatable bonds is 4. The summed E-state index contributed by atoms with van der Waals surface area (Å²) < 4.78 is 5.97. The SMILES string of the molecule is CCOC(=O)C(C)(NC)c1ccccc1Br. The van der Waals surface area contributed by atoms with Crippen LogP contribution in [0.25, 0.3) is 0 Å². The van der Waals surface area contributed by atoms with E-state index >= 15 is 0 Å². The van der Waals surface area contributed by atoms with Gasteiger partial charge in [0.25, 0.3) is 0 Å². The van der Waals surface area contributed by atoms with Crippen molar-refractivity contribution < 1.29 is 9.53 Å². The fraction of sp³-hybridized carbons (Fsp3) is 0.417. The Labute approximate surface area is 104 Å². The van der Waals surface area contributed by atoms with Crippen molar-refractivity contribution in [1.29, 1.82) is 0 Å². The minimum Gasteiger partial charge on any atom is -0.464 e. The molecule has 1 unspecified atom stereocenters. The summed E-state index contributed by atoms with van der Waals surface area (Å²) in [5.74, 6) is -0.274. The maximum absolute atomic E-state index is 11.9. The summed E-state index contributed by atoms with van der Waals surface area (Å²) in [5, 5.41) is 3.02. The molecule has 16 heavy (non-hydrogen) atoms. The lowest BCUT2D eigenvalue weighted by molar-refractivity contribution is -0.150. The number of carbonyl (C=O) groups excluding carboxylic acids is 1. The number of halogens is 1. The molecule has 0 spiro atoms. The lowest BCUT2D eigenvalue weighted by Crippen LogP contribution is -2.46. The van der Waals surface area contributed by atoms with Gasteiger partial charge in [0.1, 0.15) is 5.54 Å². The van der Waals surface area contributed by atoms with Crippen LogP contribution in [-0.4, -0.2) is 19.6 Å². The highest BCUT2D eigenvalue weighted by Gasteiger charge is 2.36. The molecule has 0 fully saturated rings. The van der Waals surface area contributed by atoms with Crippen LogP contribution in [0.2, 0.25) is 0 Å². The number of hydrogen-bond acceptors (Lipinski definition) is 3. The van der Waals surface area contributed by atoms with Gasteiger partial charge in [0.15, 0.2) is 0 Å². The van der Waals surface area contributed by atoms with Gasteiger partial charge in [-0.1, -0.05) is 34.1 Å². The van der Waals surface area contributed by atoms with Gasteiger partial charge in [-0.15, -0.1) is 0 Å². The Kier molecular flexibility index (Phi) is 4.50. The number of hydrogen-bond donors (Lipinski definition) is 1. The quantitative estimate of drug-likeness (QED) is 0.864. The summed E-state index contributed by atoms with van der Waals surface area (Å²) in [6.45, 7) is 3.99. The zero-order valence-corrected chi connectivity index (χ0v) is 11.3. The topological polar surface area (TPSA) is 38.3 Å². The fourth-order valence-electron chi connectivity index (χ4n) is 1.49. The van der Waals surface area contributed by atoms with Crippen LogP contribution >= 0.6 is 15.9 Å². The maximum atomic E-state index is 11.9. The molecule has 1 atom stereocenters. The summed E-state index contributed by atoms with van der Waals surface area (Å²) >= 11 is 3.44. The summed E-state index contributed by atoms with van der Waals surface area (Å²) in [4.78, 5) is 11.9. The van der Waals surface area contributed by atoms with Crippen molar-refractivity contribution in [2.45, 2.75) is 19.4 Å². The maximum Gasteiger partial charge on any atom is 0.330 e. The van der Waals surface area contributed by atoms with Crippen LogP contribution in [0.3, 0.4) is 0 Å². The summed E-state index contributed by atoms with van der Waals surface area (Å²) in [5.41, 5.74) is 0.0479. The fourth-order valence-corrected chi connectivity index (χ4v) is 2.17. The van der Waals surface area contributed by atoms with E-state index in [1.165, 1.54) is 0 Å². The second-order valence-electron chi connectivity index (χ2n) is 3.58. The number of esters is 1. The lowest BCUT2D eigenvalue weighted by atomic mass is 9.92. The molecule has 0 bridgehead atoms. The molecule has 3 nitrogen and oxygen atoms in total. The molecule has 1 rings (SSSR count). The molecule has 0 radical (unpaired) electrons. The molecule has 1 aromatic carbocycles. The largest absolute Gasteiger partial charge is 0.464 e. The van der Waals surface area contributed by atoms with Gasteiger partial charge in [-0.25, -0.2) is 4.79 Å². The summed E-state index contributed by atoms with van der Waals surface area (Å²) in [6.07, 6.45) is 0. The van der Waals surface area contributed by atoms with Crippen molar-refractivity contribution in [2.75, 3.05) is 13.7 Å². The van der Waals surface area contributed by atoms with Crippen molar-refractivity contribution in [3.05, 3.63) is 34.3 Å². The van der Waals surface area contributed by atoms with Crippen molar-refractivity contribution in [2.24, 2.45) is 0 Å². The van der Waals surface area contributed by atoms with E-state index in [0.717, 1.165) is 10.0 Å². The van der Waals surface area contributed by atoms with E-state index in [0.29, 0.717) is 6.61 Å². The smallest absolute Gasteiger partial charge is 0.330 e. The molecule has 1 N–H and O–H groups in total.